The Hall–Kier alpha value is -0.330. The molecule has 6 N–H and O–H groups in total. The summed E-state index contributed by atoms with van der Waals surface area (Å²) in [6, 6.07) is -1.62. The lowest BCUT2D eigenvalue weighted by molar-refractivity contribution is -0.251. The van der Waals surface area contributed by atoms with Crippen molar-refractivity contribution < 1.29 is 38.1 Å². The highest BCUT2D eigenvalue weighted by Gasteiger charge is 2.44. The van der Waals surface area contributed by atoms with Crippen molar-refractivity contribution in [2.24, 2.45) is 0 Å². The first-order valence-electron chi connectivity index (χ1n) is 4.31. The van der Waals surface area contributed by atoms with Gasteiger partial charge in [0.1, 0.15) is 24.4 Å². The van der Waals surface area contributed by atoms with Crippen LogP contribution >= 0.6 is 0 Å². The van der Waals surface area contributed by atoms with E-state index in [2.05, 4.69) is 4.74 Å². The fourth-order valence-corrected chi connectivity index (χ4v) is 2.00. The van der Waals surface area contributed by atoms with Crippen molar-refractivity contribution in [3.05, 3.63) is 0 Å². The molecule has 0 amide bonds. The maximum Gasteiger partial charge on any atom is 0.333 e. The van der Waals surface area contributed by atoms with E-state index in [1.807, 2.05) is 0 Å². The molecule has 0 spiro atoms. The van der Waals surface area contributed by atoms with E-state index in [1.54, 1.807) is 0 Å². The van der Waals surface area contributed by atoms with Crippen LogP contribution < -0.4 is 4.72 Å². The maximum atomic E-state index is 10.5. The van der Waals surface area contributed by atoms with Crippen LogP contribution in [0.1, 0.15) is 0 Å². The molecule has 0 saturated carbocycles. The SMILES string of the molecule is O=S(=O)(O)N[C@@H]1[C@@H](O)[C@@H](O)[C@@H](CO)O[C@H]1O. The van der Waals surface area contributed by atoms with Crippen LogP contribution in [0.2, 0.25) is 0 Å². The van der Waals surface area contributed by atoms with Gasteiger partial charge in [0.05, 0.1) is 6.61 Å². The number of ether oxygens (including phenoxy) is 1. The molecule has 0 aliphatic carbocycles. The lowest BCUT2D eigenvalue weighted by atomic mass is 9.98. The molecular formula is C6H13NO8S. The van der Waals surface area contributed by atoms with Gasteiger partial charge in [-0.1, -0.05) is 0 Å². The number of rotatable bonds is 3. The molecule has 0 radical (unpaired) electrons. The second-order valence-corrected chi connectivity index (χ2v) is 4.53. The summed E-state index contributed by atoms with van der Waals surface area (Å²) in [7, 11) is -4.66. The van der Waals surface area contributed by atoms with E-state index in [-0.39, 0.29) is 0 Å². The average molecular weight is 259 g/mol. The molecule has 1 saturated heterocycles. The summed E-state index contributed by atoms with van der Waals surface area (Å²) >= 11 is 0. The van der Waals surface area contributed by atoms with Crippen molar-refractivity contribution in [2.45, 2.75) is 30.6 Å². The van der Waals surface area contributed by atoms with Crippen molar-refractivity contribution >= 4 is 10.3 Å². The largest absolute Gasteiger partial charge is 0.394 e. The van der Waals surface area contributed by atoms with Crippen molar-refractivity contribution in [3.63, 3.8) is 0 Å². The van der Waals surface area contributed by atoms with E-state index in [4.69, 9.17) is 9.66 Å². The van der Waals surface area contributed by atoms with Gasteiger partial charge in [0.2, 0.25) is 0 Å². The Bertz CT molecular complexity index is 331. The normalized spacial score (nSPS) is 40.9. The van der Waals surface area contributed by atoms with Crippen molar-refractivity contribution in [2.75, 3.05) is 6.61 Å². The maximum absolute atomic E-state index is 10.5. The molecule has 0 aromatic heterocycles. The van der Waals surface area contributed by atoms with E-state index < -0.39 is 47.6 Å². The van der Waals surface area contributed by atoms with Gasteiger partial charge in [-0.2, -0.15) is 13.1 Å². The number of nitrogens with one attached hydrogen (secondary N) is 1. The van der Waals surface area contributed by atoms with Crippen LogP contribution in [-0.2, 0) is 15.0 Å². The molecule has 0 unspecified atom stereocenters. The van der Waals surface area contributed by atoms with Crippen molar-refractivity contribution in [1.82, 2.24) is 4.72 Å². The number of hydrogen-bond acceptors (Lipinski definition) is 7. The topological polar surface area (TPSA) is 157 Å². The minimum absolute atomic E-state index is 0.659. The molecule has 1 aliphatic rings. The molecule has 1 aliphatic heterocycles. The Morgan fingerprint density at radius 3 is 2.19 bits per heavy atom. The summed E-state index contributed by atoms with van der Waals surface area (Å²) in [5, 5.41) is 36.8. The Morgan fingerprint density at radius 1 is 1.19 bits per heavy atom. The van der Waals surface area contributed by atoms with Gasteiger partial charge in [-0.25, -0.2) is 0 Å². The van der Waals surface area contributed by atoms with Gasteiger partial charge in [0, 0.05) is 0 Å². The number of hydrogen-bond donors (Lipinski definition) is 6. The summed E-state index contributed by atoms with van der Waals surface area (Å²) in [6.45, 7) is -0.659. The zero-order chi connectivity index (χ0) is 12.5. The van der Waals surface area contributed by atoms with Crippen LogP contribution in [0.3, 0.4) is 0 Å². The zero-order valence-corrected chi connectivity index (χ0v) is 8.78. The predicted octanol–water partition coefficient (Wildman–Crippen LogP) is -3.82. The van der Waals surface area contributed by atoms with Crippen molar-refractivity contribution in [3.8, 4) is 0 Å². The Labute approximate surface area is 91.2 Å². The monoisotopic (exact) mass is 259 g/mol. The van der Waals surface area contributed by atoms with Gasteiger partial charge in [-0.3, -0.25) is 4.55 Å². The minimum atomic E-state index is -4.66. The third kappa shape index (κ3) is 3.09. The smallest absolute Gasteiger partial charge is 0.333 e. The molecule has 0 aromatic carbocycles. The first kappa shape index (κ1) is 13.7. The summed E-state index contributed by atoms with van der Waals surface area (Å²) in [5.41, 5.74) is 0. The van der Waals surface area contributed by atoms with Gasteiger partial charge in [-0.15, -0.1) is 0 Å². The molecule has 16 heavy (non-hydrogen) atoms. The van der Waals surface area contributed by atoms with Crippen LogP contribution in [0.4, 0.5) is 0 Å². The number of aliphatic hydroxyl groups is 4. The molecule has 1 fully saturated rings. The van der Waals surface area contributed by atoms with Crippen molar-refractivity contribution in [1.29, 1.82) is 0 Å². The first-order chi connectivity index (χ1) is 7.26. The van der Waals surface area contributed by atoms with Crippen LogP contribution in [0.5, 0.6) is 0 Å². The van der Waals surface area contributed by atoms with Crippen LogP contribution in [-0.4, -0.2) is 70.6 Å². The Morgan fingerprint density at radius 2 is 1.75 bits per heavy atom. The van der Waals surface area contributed by atoms with Gasteiger partial charge in [0.15, 0.2) is 6.29 Å². The average Bonchev–Trinajstić information content (AvgIpc) is 2.17. The summed E-state index contributed by atoms with van der Waals surface area (Å²) in [6.07, 6.45) is -6.34. The summed E-state index contributed by atoms with van der Waals surface area (Å²) < 4.78 is 35.6. The second-order valence-electron chi connectivity index (χ2n) is 3.35. The van der Waals surface area contributed by atoms with Crippen LogP contribution in [0.15, 0.2) is 0 Å². The lowest BCUT2D eigenvalue weighted by Crippen LogP contribution is -2.64. The highest BCUT2D eigenvalue weighted by molar-refractivity contribution is 7.83. The van der Waals surface area contributed by atoms with E-state index in [0.29, 0.717) is 0 Å². The molecular weight excluding hydrogens is 246 g/mol. The highest BCUT2D eigenvalue weighted by atomic mass is 32.2. The van der Waals surface area contributed by atoms with Gasteiger partial charge >= 0.3 is 10.3 Å². The predicted molar refractivity (Wildman–Crippen MR) is 48.5 cm³/mol. The summed E-state index contributed by atoms with van der Waals surface area (Å²) in [5.74, 6) is 0. The second kappa shape index (κ2) is 4.89. The lowest BCUT2D eigenvalue weighted by Gasteiger charge is -2.39. The highest BCUT2D eigenvalue weighted by Crippen LogP contribution is 2.19. The molecule has 0 aromatic rings. The van der Waals surface area contributed by atoms with Gasteiger partial charge in [0.25, 0.3) is 0 Å². The van der Waals surface area contributed by atoms with E-state index in [9.17, 15) is 23.7 Å². The van der Waals surface area contributed by atoms with Crippen LogP contribution in [0.25, 0.3) is 0 Å². The van der Waals surface area contributed by atoms with Crippen LogP contribution in [0, 0.1) is 0 Å². The molecule has 0 bridgehead atoms. The summed E-state index contributed by atoms with van der Waals surface area (Å²) in [4.78, 5) is 0. The molecule has 9 nitrogen and oxygen atoms in total. The van der Waals surface area contributed by atoms with E-state index in [1.165, 1.54) is 4.72 Å². The van der Waals surface area contributed by atoms with E-state index in [0.717, 1.165) is 0 Å². The molecule has 10 heteroatoms. The standard InChI is InChI=1S/C6H13NO8S/c8-1-2-4(9)5(10)3(6(11)15-2)7-16(12,13)14/h2-11H,1H2,(H,12,13,14)/t2-,3-,4+,5-,6-/m1/s1. The first-order valence-corrected chi connectivity index (χ1v) is 5.75. The molecule has 96 valence electrons. The third-order valence-electron chi connectivity index (χ3n) is 2.19. The quantitative estimate of drug-likeness (QED) is 0.281. The molecule has 1 heterocycles. The molecule has 5 atom stereocenters. The fraction of sp³-hybridized carbons (Fsp3) is 1.00. The molecule has 1 rings (SSSR count). The van der Waals surface area contributed by atoms with Gasteiger partial charge < -0.3 is 25.2 Å². The fourth-order valence-electron chi connectivity index (χ4n) is 1.40. The zero-order valence-electron chi connectivity index (χ0n) is 7.96. The number of aliphatic hydroxyl groups excluding tert-OH is 4. The van der Waals surface area contributed by atoms with E-state index >= 15 is 0 Å². The Kier molecular flexibility index (Phi) is 4.20. The minimum Gasteiger partial charge on any atom is -0.394 e. The third-order valence-corrected chi connectivity index (χ3v) is 2.76. The Balaban J connectivity index is 2.80. The van der Waals surface area contributed by atoms with Gasteiger partial charge in [-0.05, 0) is 0 Å².